The molecule has 6 nitrogen and oxygen atoms in total. The summed E-state index contributed by atoms with van der Waals surface area (Å²) in [5, 5.41) is 6.25. The van der Waals surface area contributed by atoms with E-state index in [2.05, 4.69) is 50.4 Å². The molecule has 150 valence electrons. The van der Waals surface area contributed by atoms with Crippen molar-refractivity contribution in [3.05, 3.63) is 34.3 Å². The maximum absolute atomic E-state index is 12.1. The Kier molecular flexibility index (Phi) is 9.62. The zero-order valence-electron chi connectivity index (χ0n) is 16.3. The van der Waals surface area contributed by atoms with Crippen molar-refractivity contribution in [1.29, 1.82) is 0 Å². The second-order valence-electron chi connectivity index (χ2n) is 6.76. The molecule has 2 N–H and O–H groups in total. The molecule has 1 amide bonds. The summed E-state index contributed by atoms with van der Waals surface area (Å²) < 4.78 is 6.39. The van der Waals surface area contributed by atoms with E-state index in [4.69, 9.17) is 4.74 Å². The summed E-state index contributed by atoms with van der Waals surface area (Å²) in [5.74, 6) is 1.56. The van der Waals surface area contributed by atoms with Crippen molar-refractivity contribution in [3.63, 3.8) is 0 Å². The molecule has 0 bridgehead atoms. The Hall–Kier alpha value is -1.60. The van der Waals surface area contributed by atoms with E-state index in [1.807, 2.05) is 12.1 Å². The number of guanidine groups is 1. The van der Waals surface area contributed by atoms with Gasteiger partial charge in [0.2, 0.25) is 0 Å². The lowest BCUT2D eigenvalue weighted by molar-refractivity contribution is 0.0625. The van der Waals surface area contributed by atoms with Crippen LogP contribution in [0.3, 0.4) is 0 Å². The van der Waals surface area contributed by atoms with Gasteiger partial charge in [0.15, 0.2) is 5.96 Å². The van der Waals surface area contributed by atoms with Crippen LogP contribution in [0.2, 0.25) is 0 Å². The van der Waals surface area contributed by atoms with Gasteiger partial charge in [0.25, 0.3) is 5.91 Å². The quantitative estimate of drug-likeness (QED) is 0.372. The van der Waals surface area contributed by atoms with E-state index in [1.165, 1.54) is 0 Å². The van der Waals surface area contributed by atoms with Crippen LogP contribution in [-0.4, -0.2) is 63.2 Å². The molecule has 1 aliphatic heterocycles. The van der Waals surface area contributed by atoms with Gasteiger partial charge < -0.3 is 20.3 Å². The Labute approximate surface area is 170 Å². The normalized spacial score (nSPS) is 15.4. The zero-order chi connectivity index (χ0) is 19.5. The minimum absolute atomic E-state index is 0.0735. The highest BCUT2D eigenvalue weighted by Crippen LogP contribution is 2.18. The predicted octanol–water partition coefficient (Wildman–Crippen LogP) is 2.89. The Bertz CT molecular complexity index is 601. The molecule has 0 aromatic heterocycles. The van der Waals surface area contributed by atoms with Gasteiger partial charge in [-0.15, -0.1) is 0 Å². The molecule has 1 saturated heterocycles. The zero-order valence-corrected chi connectivity index (χ0v) is 17.9. The molecule has 0 saturated carbocycles. The molecule has 0 atom stereocenters. The van der Waals surface area contributed by atoms with E-state index in [9.17, 15) is 4.79 Å². The molecule has 0 unspecified atom stereocenters. The van der Waals surface area contributed by atoms with Crippen molar-refractivity contribution in [2.75, 3.05) is 46.4 Å². The first-order valence-corrected chi connectivity index (χ1v) is 10.5. The van der Waals surface area contributed by atoms with Crippen molar-refractivity contribution in [1.82, 2.24) is 15.5 Å². The Balaban J connectivity index is 1.75. The first-order chi connectivity index (χ1) is 13.1. The molecule has 1 aliphatic rings. The average Bonchev–Trinajstić information content (AvgIpc) is 2.69. The van der Waals surface area contributed by atoms with E-state index in [0.29, 0.717) is 18.7 Å². The summed E-state index contributed by atoms with van der Waals surface area (Å²) in [7, 11) is 2.07. The second-order valence-corrected chi connectivity index (χ2v) is 7.68. The summed E-state index contributed by atoms with van der Waals surface area (Å²) in [5.41, 5.74) is 0.655. The molecule has 7 heteroatoms. The fraction of sp³-hybridized carbons (Fsp3) is 0.600. The van der Waals surface area contributed by atoms with Crippen LogP contribution in [0.15, 0.2) is 33.7 Å². The van der Waals surface area contributed by atoms with Gasteiger partial charge in [-0.2, -0.15) is 0 Å². The van der Waals surface area contributed by atoms with Crippen molar-refractivity contribution < 1.29 is 9.53 Å². The van der Waals surface area contributed by atoms with E-state index >= 15 is 0 Å². The van der Waals surface area contributed by atoms with E-state index < -0.39 is 0 Å². The van der Waals surface area contributed by atoms with Crippen LogP contribution in [0.25, 0.3) is 0 Å². The van der Waals surface area contributed by atoms with Crippen LogP contribution in [0.4, 0.5) is 0 Å². The third kappa shape index (κ3) is 7.89. The Morgan fingerprint density at radius 3 is 2.63 bits per heavy atom. The highest BCUT2D eigenvalue weighted by Gasteiger charge is 2.15. The highest BCUT2D eigenvalue weighted by molar-refractivity contribution is 9.10. The third-order valence-corrected chi connectivity index (χ3v) is 5.20. The van der Waals surface area contributed by atoms with Crippen molar-refractivity contribution in [3.8, 4) is 0 Å². The lowest BCUT2D eigenvalue weighted by Crippen LogP contribution is -2.40. The van der Waals surface area contributed by atoms with Crippen molar-refractivity contribution in [2.45, 2.75) is 26.2 Å². The van der Waals surface area contributed by atoms with Gasteiger partial charge in [-0.25, -0.2) is 0 Å². The number of hydrogen-bond donors (Lipinski definition) is 2. The number of amides is 1. The van der Waals surface area contributed by atoms with E-state index in [1.54, 1.807) is 12.1 Å². The number of benzene rings is 1. The molecule has 0 spiro atoms. The summed E-state index contributed by atoms with van der Waals surface area (Å²) in [6.45, 7) is 6.70. The van der Waals surface area contributed by atoms with Gasteiger partial charge in [0.1, 0.15) is 0 Å². The number of nitrogens with zero attached hydrogens (tertiary/aromatic N) is 2. The first-order valence-electron chi connectivity index (χ1n) is 9.71. The Morgan fingerprint density at radius 1 is 1.26 bits per heavy atom. The molecule has 1 aromatic rings. The van der Waals surface area contributed by atoms with Crippen LogP contribution in [0.1, 0.15) is 36.5 Å². The SMILES string of the molecule is CCNC(=NCCNC(=O)c1ccc(Br)cc1)N(C)CCC1CCOCC1. The minimum atomic E-state index is -0.0735. The summed E-state index contributed by atoms with van der Waals surface area (Å²) >= 11 is 3.37. The first kappa shape index (κ1) is 21.7. The van der Waals surface area contributed by atoms with Gasteiger partial charge in [0.05, 0.1) is 6.54 Å². The van der Waals surface area contributed by atoms with Crippen LogP contribution < -0.4 is 10.6 Å². The van der Waals surface area contributed by atoms with Gasteiger partial charge in [-0.3, -0.25) is 9.79 Å². The summed E-state index contributed by atoms with van der Waals surface area (Å²) in [4.78, 5) is 18.9. The topological polar surface area (TPSA) is 66.0 Å². The average molecular weight is 439 g/mol. The molecular formula is C20H31BrN4O2. The Morgan fingerprint density at radius 2 is 1.96 bits per heavy atom. The summed E-state index contributed by atoms with van der Waals surface area (Å²) in [6.07, 6.45) is 3.47. The second kappa shape index (κ2) is 12.0. The number of nitrogens with one attached hydrogen (secondary N) is 2. The molecular weight excluding hydrogens is 408 g/mol. The number of halogens is 1. The minimum Gasteiger partial charge on any atom is -0.381 e. The van der Waals surface area contributed by atoms with Gasteiger partial charge in [-0.05, 0) is 56.4 Å². The van der Waals surface area contributed by atoms with Gasteiger partial charge in [0, 0.05) is 49.9 Å². The molecule has 1 aromatic carbocycles. The van der Waals surface area contributed by atoms with Crippen LogP contribution in [-0.2, 0) is 4.74 Å². The van der Waals surface area contributed by atoms with Crippen LogP contribution in [0, 0.1) is 5.92 Å². The molecule has 2 rings (SSSR count). The number of rotatable bonds is 8. The fourth-order valence-electron chi connectivity index (χ4n) is 3.02. The van der Waals surface area contributed by atoms with E-state index in [0.717, 1.165) is 61.9 Å². The molecule has 0 aliphatic carbocycles. The maximum Gasteiger partial charge on any atom is 0.251 e. The lowest BCUT2D eigenvalue weighted by Gasteiger charge is -2.26. The van der Waals surface area contributed by atoms with Crippen molar-refractivity contribution in [2.24, 2.45) is 10.9 Å². The van der Waals surface area contributed by atoms with Crippen molar-refractivity contribution >= 4 is 27.8 Å². The van der Waals surface area contributed by atoms with Crippen LogP contribution >= 0.6 is 15.9 Å². The number of hydrogen-bond acceptors (Lipinski definition) is 3. The fourth-order valence-corrected chi connectivity index (χ4v) is 3.29. The molecule has 27 heavy (non-hydrogen) atoms. The largest absolute Gasteiger partial charge is 0.381 e. The number of carbonyl (C=O) groups excluding carboxylic acids is 1. The van der Waals surface area contributed by atoms with Gasteiger partial charge >= 0.3 is 0 Å². The smallest absolute Gasteiger partial charge is 0.251 e. The lowest BCUT2D eigenvalue weighted by atomic mass is 9.96. The standard InChI is InChI=1S/C20H31BrN4O2/c1-3-22-20(25(2)13-8-16-9-14-27-15-10-16)24-12-11-23-19(26)17-4-6-18(21)7-5-17/h4-7,16H,3,8-15H2,1-2H3,(H,22,24)(H,23,26). The molecule has 1 heterocycles. The van der Waals surface area contributed by atoms with Gasteiger partial charge in [-0.1, -0.05) is 15.9 Å². The van der Waals surface area contributed by atoms with Crippen LogP contribution in [0.5, 0.6) is 0 Å². The number of ether oxygens (including phenoxy) is 1. The number of aliphatic imine (C=N–C) groups is 1. The molecule has 0 radical (unpaired) electrons. The molecule has 1 fully saturated rings. The predicted molar refractivity (Wildman–Crippen MR) is 113 cm³/mol. The number of carbonyl (C=O) groups is 1. The third-order valence-electron chi connectivity index (χ3n) is 4.68. The van der Waals surface area contributed by atoms with E-state index in [-0.39, 0.29) is 5.91 Å². The monoisotopic (exact) mass is 438 g/mol. The highest BCUT2D eigenvalue weighted by atomic mass is 79.9. The summed E-state index contributed by atoms with van der Waals surface area (Å²) in [6, 6.07) is 7.33. The maximum atomic E-state index is 12.1.